The summed E-state index contributed by atoms with van der Waals surface area (Å²) in [5.74, 6) is 0. The molecule has 0 heterocycles. The van der Waals surface area contributed by atoms with Crippen molar-refractivity contribution >= 4 is 0 Å². The Hall–Kier alpha value is -3.09. The Morgan fingerprint density at radius 3 is 0.923 bits per heavy atom. The minimum Gasteiger partial charge on any atom is -0.198 e. The number of nitrogens with zero attached hydrogens (tertiary/aromatic N) is 3. The van der Waals surface area contributed by atoms with Crippen LogP contribution in [-0.2, 0) is 0 Å². The van der Waals surface area contributed by atoms with Crippen molar-refractivity contribution in [3.05, 3.63) is 72.9 Å². The van der Waals surface area contributed by atoms with E-state index in [-0.39, 0.29) is 0 Å². The second kappa shape index (κ2) is 44.9. The third-order valence-corrected chi connectivity index (χ3v) is 5.21. The fourth-order valence-corrected chi connectivity index (χ4v) is 3.07. The number of unbranched alkanes of at least 4 members (excludes halogenated alkanes) is 9. The van der Waals surface area contributed by atoms with Crippen LogP contribution in [0.3, 0.4) is 0 Å². The molecule has 0 saturated carbocycles. The zero-order chi connectivity index (χ0) is 29.3. The van der Waals surface area contributed by atoms with Gasteiger partial charge in [0.1, 0.15) is 0 Å². The van der Waals surface area contributed by atoms with Crippen molar-refractivity contribution < 1.29 is 0 Å². The van der Waals surface area contributed by atoms with Crippen LogP contribution in [-0.4, -0.2) is 0 Å². The molecule has 0 amide bonds. The highest BCUT2D eigenvalue weighted by molar-refractivity contribution is 4.90. The van der Waals surface area contributed by atoms with Crippen molar-refractivity contribution in [3.8, 4) is 18.2 Å². The van der Waals surface area contributed by atoms with Crippen molar-refractivity contribution in [2.24, 2.45) is 0 Å². The minimum atomic E-state index is 0.640. The lowest BCUT2D eigenvalue weighted by Gasteiger charge is -1.92. The monoisotopic (exact) mass is 531 g/mol. The Kier molecular flexibility index (Phi) is 46.5. The van der Waals surface area contributed by atoms with Crippen molar-refractivity contribution in [3.63, 3.8) is 0 Å². The largest absolute Gasteiger partial charge is 0.198 e. The quantitative estimate of drug-likeness (QED) is 0.109. The lowest BCUT2D eigenvalue weighted by molar-refractivity contribution is 0.759. The van der Waals surface area contributed by atoms with Crippen molar-refractivity contribution in [2.75, 3.05) is 0 Å². The van der Waals surface area contributed by atoms with E-state index in [0.717, 1.165) is 64.2 Å². The Labute approximate surface area is 243 Å². The van der Waals surface area contributed by atoms with E-state index in [1.165, 1.54) is 32.1 Å². The highest BCUT2D eigenvalue weighted by Crippen LogP contribution is 2.03. The van der Waals surface area contributed by atoms with Crippen LogP contribution in [0.15, 0.2) is 72.9 Å². The average Bonchev–Trinajstić information content (AvgIpc) is 2.95. The van der Waals surface area contributed by atoms with E-state index in [9.17, 15) is 0 Å². The normalized spacial score (nSPS) is 11.1. The summed E-state index contributed by atoms with van der Waals surface area (Å²) in [7, 11) is 0. The summed E-state index contributed by atoms with van der Waals surface area (Å²) in [5, 5.41) is 24.8. The van der Waals surface area contributed by atoms with Crippen LogP contribution in [0.25, 0.3) is 0 Å². The summed E-state index contributed by atoms with van der Waals surface area (Å²) < 4.78 is 0. The van der Waals surface area contributed by atoms with Gasteiger partial charge in [-0.3, -0.25) is 0 Å². The van der Waals surface area contributed by atoms with Crippen LogP contribution >= 0.6 is 0 Å². The molecule has 3 nitrogen and oxygen atoms in total. The van der Waals surface area contributed by atoms with Gasteiger partial charge in [-0.05, 0) is 96.3 Å². The van der Waals surface area contributed by atoms with Gasteiger partial charge in [-0.1, -0.05) is 93.7 Å². The molecule has 0 N–H and O–H groups in total. The molecule has 0 bridgehead atoms. The molecule has 0 radical (unpaired) electrons. The van der Waals surface area contributed by atoms with Crippen molar-refractivity contribution in [1.29, 1.82) is 15.8 Å². The molecule has 0 aliphatic rings. The molecule has 0 aliphatic heterocycles. The maximum Gasteiger partial charge on any atom is 0.0624 e. The molecule has 216 valence electrons. The van der Waals surface area contributed by atoms with Gasteiger partial charge in [0.25, 0.3) is 0 Å². The van der Waals surface area contributed by atoms with Crippen LogP contribution in [0, 0.1) is 34.0 Å². The van der Waals surface area contributed by atoms with Gasteiger partial charge in [-0.15, -0.1) is 0 Å². The third kappa shape index (κ3) is 52.2. The zero-order valence-corrected chi connectivity index (χ0v) is 25.5. The molecule has 0 unspecified atom stereocenters. The molecule has 0 rings (SSSR count). The molecule has 0 fully saturated rings. The van der Waals surface area contributed by atoms with Gasteiger partial charge in [0.05, 0.1) is 18.2 Å². The topological polar surface area (TPSA) is 71.4 Å². The van der Waals surface area contributed by atoms with Crippen molar-refractivity contribution in [1.82, 2.24) is 0 Å². The molecule has 0 aliphatic carbocycles. The molecule has 0 aromatic heterocycles. The molecule has 0 saturated heterocycles. The Balaban J connectivity index is -0.000000500. The van der Waals surface area contributed by atoms with Gasteiger partial charge in [-0.2, -0.15) is 15.8 Å². The third-order valence-electron chi connectivity index (χ3n) is 5.21. The van der Waals surface area contributed by atoms with Crippen LogP contribution < -0.4 is 0 Å². The lowest BCUT2D eigenvalue weighted by atomic mass is 10.1. The first kappa shape index (κ1) is 40.4. The first-order valence-corrected chi connectivity index (χ1v) is 15.3. The summed E-state index contributed by atoms with van der Waals surface area (Å²) in [6.45, 7) is 6.45. The standard InChI is InChI=1S/C13H21N.C12H19N.C11H17N/c1-2-3-4-5-6-7-8-9-10-11-12-13-14;1-2-3-4-5-6-7-8-9-10-11-12-13;1-2-3-4-5-6-7-8-9-10-11-12/h3-4,9-10H,2,5-8,11-12H2,1H3;3-4,8-9H,2,5-7,10-11H2,1H3;3-4,7-8H,2,5-6,9-10H2,1H3. The summed E-state index contributed by atoms with van der Waals surface area (Å²) in [6, 6.07) is 6.37. The molecular weight excluding hydrogens is 474 g/mol. The van der Waals surface area contributed by atoms with Gasteiger partial charge < -0.3 is 0 Å². The first-order valence-electron chi connectivity index (χ1n) is 15.3. The second-order valence-electron chi connectivity index (χ2n) is 8.94. The van der Waals surface area contributed by atoms with Crippen LogP contribution in [0.1, 0.15) is 136 Å². The number of rotatable bonds is 21. The van der Waals surface area contributed by atoms with Gasteiger partial charge in [0, 0.05) is 19.3 Å². The van der Waals surface area contributed by atoms with E-state index in [4.69, 9.17) is 15.8 Å². The second-order valence-corrected chi connectivity index (χ2v) is 8.94. The summed E-state index contributed by atoms with van der Waals surface area (Å²) in [5.41, 5.74) is 0. The van der Waals surface area contributed by atoms with E-state index < -0.39 is 0 Å². The van der Waals surface area contributed by atoms with Crippen LogP contribution in [0.5, 0.6) is 0 Å². The van der Waals surface area contributed by atoms with Gasteiger partial charge >= 0.3 is 0 Å². The number of hydrogen-bond donors (Lipinski definition) is 0. The average molecular weight is 532 g/mol. The maximum atomic E-state index is 8.30. The Bertz CT molecular complexity index is 761. The van der Waals surface area contributed by atoms with Crippen LogP contribution in [0.4, 0.5) is 0 Å². The highest BCUT2D eigenvalue weighted by atomic mass is 14.2. The predicted molar refractivity (Wildman–Crippen MR) is 172 cm³/mol. The Morgan fingerprint density at radius 1 is 0.333 bits per heavy atom. The number of allylic oxidation sites excluding steroid dienone is 12. The van der Waals surface area contributed by atoms with E-state index in [2.05, 4.69) is 112 Å². The SMILES string of the molecule is CCC=CCCC=CCCC#N.CCC=CCCCC=CCCC#N.CCC=CCCCCC=CCCC#N. The molecule has 0 atom stereocenters. The molecular formula is C36H57N3. The van der Waals surface area contributed by atoms with Gasteiger partial charge in [0.15, 0.2) is 0 Å². The summed E-state index contributed by atoms with van der Waals surface area (Å²) >= 11 is 0. The van der Waals surface area contributed by atoms with E-state index in [1.54, 1.807) is 0 Å². The smallest absolute Gasteiger partial charge is 0.0624 e. The molecule has 0 spiro atoms. The van der Waals surface area contributed by atoms with Gasteiger partial charge in [0.2, 0.25) is 0 Å². The van der Waals surface area contributed by atoms with E-state index in [1.807, 2.05) is 0 Å². The molecule has 39 heavy (non-hydrogen) atoms. The Morgan fingerprint density at radius 2 is 0.590 bits per heavy atom. The zero-order valence-electron chi connectivity index (χ0n) is 25.5. The fourth-order valence-electron chi connectivity index (χ4n) is 3.07. The molecule has 0 aromatic carbocycles. The first-order chi connectivity index (χ1) is 19.2. The van der Waals surface area contributed by atoms with Gasteiger partial charge in [-0.25, -0.2) is 0 Å². The number of nitriles is 3. The summed E-state index contributed by atoms with van der Waals surface area (Å²) in [6.07, 6.45) is 44.9. The molecule has 0 aromatic rings. The van der Waals surface area contributed by atoms with E-state index >= 15 is 0 Å². The van der Waals surface area contributed by atoms with Crippen LogP contribution in [0.2, 0.25) is 0 Å². The summed E-state index contributed by atoms with van der Waals surface area (Å²) in [4.78, 5) is 0. The molecule has 3 heteroatoms. The maximum absolute atomic E-state index is 8.30. The van der Waals surface area contributed by atoms with Crippen molar-refractivity contribution in [2.45, 2.75) is 136 Å². The number of hydrogen-bond acceptors (Lipinski definition) is 3. The lowest BCUT2D eigenvalue weighted by Crippen LogP contribution is -1.72. The minimum absolute atomic E-state index is 0.640. The fraction of sp³-hybridized carbons (Fsp3) is 0.583. The predicted octanol–water partition coefficient (Wildman–Crippen LogP) is 11.9. The highest BCUT2D eigenvalue weighted by Gasteiger charge is 1.84. The van der Waals surface area contributed by atoms with E-state index in [0.29, 0.717) is 19.3 Å².